The smallest absolute Gasteiger partial charge is 0.327 e. The van der Waals surface area contributed by atoms with Crippen molar-refractivity contribution in [3.05, 3.63) is 0 Å². The molecule has 4 amide bonds. The predicted octanol–water partition coefficient (Wildman–Crippen LogP) is -1.93. The standard InChI is InChI=1S/C17H31N5O6S2/c1-8(2)13(22-14(24)9(18)4-5-30-3)16(26)20-10(6-12(19)23)15(25)21-11(7-29)17(27)28/h8-11,13,29H,4-7,18H2,1-3H3,(H2,19,23)(H,20,26)(H,21,25)(H,22,24)(H,27,28). The van der Waals surface area contributed by atoms with Crippen LogP contribution in [0.15, 0.2) is 0 Å². The number of carbonyl (C=O) groups excluding carboxylic acids is 4. The molecule has 11 nitrogen and oxygen atoms in total. The minimum atomic E-state index is -1.42. The van der Waals surface area contributed by atoms with Crippen molar-refractivity contribution in [2.75, 3.05) is 17.8 Å². The first kappa shape index (κ1) is 28.0. The third-order valence-electron chi connectivity index (χ3n) is 4.05. The Hall–Kier alpha value is -1.99. The van der Waals surface area contributed by atoms with Gasteiger partial charge in [0.15, 0.2) is 0 Å². The summed E-state index contributed by atoms with van der Waals surface area (Å²) in [5.74, 6) is -4.24. The van der Waals surface area contributed by atoms with E-state index in [1.807, 2.05) is 6.26 Å². The molecule has 0 radical (unpaired) electrons. The first-order valence-electron chi connectivity index (χ1n) is 9.22. The molecule has 0 aromatic rings. The van der Waals surface area contributed by atoms with Crippen LogP contribution in [-0.2, 0) is 24.0 Å². The average molecular weight is 466 g/mol. The van der Waals surface area contributed by atoms with E-state index in [2.05, 4.69) is 28.6 Å². The highest BCUT2D eigenvalue weighted by Gasteiger charge is 2.32. The van der Waals surface area contributed by atoms with Crippen LogP contribution >= 0.6 is 24.4 Å². The van der Waals surface area contributed by atoms with E-state index in [-0.39, 0.29) is 11.7 Å². The summed E-state index contributed by atoms with van der Waals surface area (Å²) in [4.78, 5) is 59.8. The molecule has 0 saturated carbocycles. The van der Waals surface area contributed by atoms with Crippen LogP contribution in [0.5, 0.6) is 0 Å². The van der Waals surface area contributed by atoms with Crippen LogP contribution in [0.2, 0.25) is 0 Å². The maximum Gasteiger partial charge on any atom is 0.327 e. The Morgan fingerprint density at radius 3 is 2.00 bits per heavy atom. The predicted molar refractivity (Wildman–Crippen MR) is 117 cm³/mol. The van der Waals surface area contributed by atoms with Crippen LogP contribution in [0.4, 0.5) is 0 Å². The Morgan fingerprint density at radius 2 is 1.57 bits per heavy atom. The maximum atomic E-state index is 12.7. The number of primary amides is 1. The van der Waals surface area contributed by atoms with Gasteiger partial charge in [-0.25, -0.2) is 4.79 Å². The molecular formula is C17H31N5O6S2. The number of amides is 4. The molecule has 4 unspecified atom stereocenters. The minimum absolute atomic E-state index is 0.197. The van der Waals surface area contributed by atoms with Crippen LogP contribution in [0, 0.1) is 5.92 Å². The van der Waals surface area contributed by atoms with E-state index in [0.717, 1.165) is 0 Å². The zero-order chi connectivity index (χ0) is 23.4. The van der Waals surface area contributed by atoms with Gasteiger partial charge in [-0.15, -0.1) is 0 Å². The van der Waals surface area contributed by atoms with E-state index in [1.165, 1.54) is 11.8 Å². The molecule has 8 N–H and O–H groups in total. The summed E-state index contributed by atoms with van der Waals surface area (Å²) in [6, 6.07) is -4.56. The first-order chi connectivity index (χ1) is 13.9. The van der Waals surface area contributed by atoms with E-state index in [0.29, 0.717) is 12.2 Å². The molecule has 0 fully saturated rings. The maximum absolute atomic E-state index is 12.7. The fourth-order valence-electron chi connectivity index (χ4n) is 2.30. The topological polar surface area (TPSA) is 194 Å². The van der Waals surface area contributed by atoms with Gasteiger partial charge in [-0.3, -0.25) is 19.2 Å². The lowest BCUT2D eigenvalue weighted by molar-refractivity contribution is -0.141. The summed E-state index contributed by atoms with van der Waals surface area (Å²) in [5, 5.41) is 16.1. The molecule has 0 aliphatic heterocycles. The van der Waals surface area contributed by atoms with Crippen molar-refractivity contribution < 1.29 is 29.1 Å². The lowest BCUT2D eigenvalue weighted by Crippen LogP contribution is -2.59. The molecule has 4 atom stereocenters. The lowest BCUT2D eigenvalue weighted by atomic mass is 10.0. The number of carbonyl (C=O) groups is 5. The molecule has 172 valence electrons. The van der Waals surface area contributed by atoms with Gasteiger partial charge in [0.05, 0.1) is 12.5 Å². The number of thiol groups is 1. The highest BCUT2D eigenvalue weighted by Crippen LogP contribution is 2.06. The fraction of sp³-hybridized carbons (Fsp3) is 0.706. The molecule has 0 spiro atoms. The summed E-state index contributed by atoms with van der Waals surface area (Å²) >= 11 is 5.37. The van der Waals surface area contributed by atoms with E-state index in [9.17, 15) is 24.0 Å². The molecule has 0 rings (SSSR count). The summed E-state index contributed by atoms with van der Waals surface area (Å²) in [5.41, 5.74) is 11.0. The van der Waals surface area contributed by atoms with Crippen molar-refractivity contribution >= 4 is 54.0 Å². The second-order valence-corrected chi connectivity index (χ2v) is 8.28. The molecule has 0 aliphatic rings. The second kappa shape index (κ2) is 14.1. The number of hydrogen-bond acceptors (Lipinski definition) is 8. The van der Waals surface area contributed by atoms with Gasteiger partial charge in [0, 0.05) is 5.75 Å². The van der Waals surface area contributed by atoms with Crippen molar-refractivity contribution in [3.63, 3.8) is 0 Å². The Labute approximate surface area is 185 Å². The van der Waals surface area contributed by atoms with Gasteiger partial charge in [0.1, 0.15) is 18.1 Å². The number of hydrogen-bond donors (Lipinski definition) is 7. The molecule has 30 heavy (non-hydrogen) atoms. The molecule has 0 heterocycles. The number of thioether (sulfide) groups is 1. The Kier molecular flexibility index (Phi) is 13.2. The zero-order valence-electron chi connectivity index (χ0n) is 17.2. The Balaban J connectivity index is 5.31. The van der Waals surface area contributed by atoms with Crippen molar-refractivity contribution in [1.82, 2.24) is 16.0 Å². The normalized spacial score (nSPS) is 14.9. The second-order valence-electron chi connectivity index (χ2n) is 6.93. The quantitative estimate of drug-likeness (QED) is 0.144. The van der Waals surface area contributed by atoms with Gasteiger partial charge in [0.2, 0.25) is 23.6 Å². The highest BCUT2D eigenvalue weighted by atomic mass is 32.2. The summed E-state index contributed by atoms with van der Waals surface area (Å²) in [7, 11) is 0. The van der Waals surface area contributed by atoms with Crippen LogP contribution < -0.4 is 27.4 Å². The van der Waals surface area contributed by atoms with E-state index in [1.54, 1.807) is 13.8 Å². The van der Waals surface area contributed by atoms with Gasteiger partial charge >= 0.3 is 5.97 Å². The van der Waals surface area contributed by atoms with Crippen LogP contribution in [0.1, 0.15) is 26.7 Å². The van der Waals surface area contributed by atoms with Gasteiger partial charge in [-0.1, -0.05) is 13.8 Å². The molecular weight excluding hydrogens is 434 g/mol. The van der Waals surface area contributed by atoms with E-state index >= 15 is 0 Å². The van der Waals surface area contributed by atoms with Crippen LogP contribution in [0.3, 0.4) is 0 Å². The minimum Gasteiger partial charge on any atom is -0.480 e. The molecule has 0 bridgehead atoms. The highest BCUT2D eigenvalue weighted by molar-refractivity contribution is 7.98. The van der Waals surface area contributed by atoms with Crippen molar-refractivity contribution in [2.24, 2.45) is 17.4 Å². The number of nitrogens with two attached hydrogens (primary N) is 2. The summed E-state index contributed by atoms with van der Waals surface area (Å²) in [6.07, 6.45) is 1.75. The monoisotopic (exact) mass is 465 g/mol. The van der Waals surface area contributed by atoms with Crippen molar-refractivity contribution in [3.8, 4) is 0 Å². The number of nitrogens with one attached hydrogen (secondary N) is 3. The number of carboxylic acid groups (broad SMARTS) is 1. The SMILES string of the molecule is CSCCC(N)C(=O)NC(C(=O)NC(CC(N)=O)C(=O)NC(CS)C(=O)O)C(C)C. The van der Waals surface area contributed by atoms with Crippen molar-refractivity contribution in [1.29, 1.82) is 0 Å². The first-order valence-corrected chi connectivity index (χ1v) is 11.2. The van der Waals surface area contributed by atoms with Crippen molar-refractivity contribution in [2.45, 2.75) is 50.9 Å². The summed E-state index contributed by atoms with van der Waals surface area (Å²) in [6.45, 7) is 3.37. The van der Waals surface area contributed by atoms with Crippen LogP contribution in [0.25, 0.3) is 0 Å². The zero-order valence-corrected chi connectivity index (χ0v) is 18.9. The van der Waals surface area contributed by atoms with Gasteiger partial charge < -0.3 is 32.5 Å². The molecule has 0 aromatic carbocycles. The summed E-state index contributed by atoms with van der Waals surface area (Å²) < 4.78 is 0. The molecule has 0 aromatic heterocycles. The van der Waals surface area contributed by atoms with Gasteiger partial charge in [-0.05, 0) is 24.3 Å². The number of rotatable bonds is 14. The van der Waals surface area contributed by atoms with Gasteiger partial charge in [-0.2, -0.15) is 24.4 Å². The molecule has 0 aliphatic carbocycles. The van der Waals surface area contributed by atoms with Gasteiger partial charge in [0.25, 0.3) is 0 Å². The number of aliphatic carboxylic acids is 1. The lowest BCUT2D eigenvalue weighted by Gasteiger charge is -2.26. The third-order valence-corrected chi connectivity index (χ3v) is 5.06. The average Bonchev–Trinajstić information content (AvgIpc) is 2.66. The largest absolute Gasteiger partial charge is 0.480 e. The number of carboxylic acids is 1. The van der Waals surface area contributed by atoms with E-state index in [4.69, 9.17) is 16.6 Å². The Bertz CT molecular complexity index is 634. The van der Waals surface area contributed by atoms with Crippen LogP contribution in [-0.4, -0.2) is 76.6 Å². The molecule has 0 saturated heterocycles. The Morgan fingerprint density at radius 1 is 1.00 bits per heavy atom. The third kappa shape index (κ3) is 10.2. The molecule has 13 heteroatoms. The fourth-order valence-corrected chi connectivity index (χ4v) is 3.04. The van der Waals surface area contributed by atoms with E-state index < -0.39 is 60.2 Å².